The standard InChI is InChI=1S/C21H27N3O3S/c25-28(26,24-13-15-27-16-14-24)20-7-4-10-22-21(20)23-11-8-19(9-12-23)17-18-5-2-1-3-6-18/h1-7,10,19H,8-9,11-17H2. The summed E-state index contributed by atoms with van der Waals surface area (Å²) in [6.45, 7) is 3.35. The number of anilines is 1. The molecule has 0 spiro atoms. The Bertz CT molecular complexity index is 875. The molecule has 2 saturated heterocycles. The Labute approximate surface area is 167 Å². The SMILES string of the molecule is O=S(=O)(c1cccnc1N1CCC(Cc2ccccc2)CC1)N1CCOCC1. The van der Waals surface area contributed by atoms with Crippen LogP contribution in [0.1, 0.15) is 18.4 Å². The molecule has 150 valence electrons. The largest absolute Gasteiger partial charge is 0.379 e. The van der Waals surface area contributed by atoms with Gasteiger partial charge in [-0.1, -0.05) is 30.3 Å². The molecular weight excluding hydrogens is 374 g/mol. The zero-order chi connectivity index (χ0) is 19.4. The second-order valence-electron chi connectivity index (χ2n) is 7.46. The van der Waals surface area contributed by atoms with E-state index in [1.54, 1.807) is 18.3 Å². The topological polar surface area (TPSA) is 62.7 Å². The minimum absolute atomic E-state index is 0.318. The molecule has 0 N–H and O–H groups in total. The summed E-state index contributed by atoms with van der Waals surface area (Å²) >= 11 is 0. The van der Waals surface area contributed by atoms with E-state index in [0.717, 1.165) is 32.4 Å². The van der Waals surface area contributed by atoms with Gasteiger partial charge in [0.05, 0.1) is 13.2 Å². The van der Waals surface area contributed by atoms with E-state index in [1.165, 1.54) is 9.87 Å². The zero-order valence-electron chi connectivity index (χ0n) is 16.0. The Morgan fingerprint density at radius 1 is 0.964 bits per heavy atom. The predicted octanol–water partition coefficient (Wildman–Crippen LogP) is 2.56. The Hall–Kier alpha value is -1.96. The average molecular weight is 402 g/mol. The molecule has 6 nitrogen and oxygen atoms in total. The van der Waals surface area contributed by atoms with E-state index in [2.05, 4.69) is 34.1 Å². The van der Waals surface area contributed by atoms with Gasteiger partial charge in [0.1, 0.15) is 10.7 Å². The molecular formula is C21H27N3O3S. The van der Waals surface area contributed by atoms with Crippen molar-refractivity contribution in [2.45, 2.75) is 24.2 Å². The van der Waals surface area contributed by atoms with Crippen LogP contribution in [0.4, 0.5) is 5.82 Å². The first kappa shape index (κ1) is 19.4. The van der Waals surface area contributed by atoms with Crippen molar-refractivity contribution in [2.75, 3.05) is 44.3 Å². The van der Waals surface area contributed by atoms with Crippen molar-refractivity contribution < 1.29 is 13.2 Å². The summed E-state index contributed by atoms with van der Waals surface area (Å²) in [5.74, 6) is 1.22. The van der Waals surface area contributed by atoms with Crippen molar-refractivity contribution in [2.24, 2.45) is 5.92 Å². The Morgan fingerprint density at radius 3 is 2.39 bits per heavy atom. The lowest BCUT2D eigenvalue weighted by Gasteiger charge is -2.34. The smallest absolute Gasteiger partial charge is 0.246 e. The molecule has 0 unspecified atom stereocenters. The third kappa shape index (κ3) is 4.21. The van der Waals surface area contributed by atoms with Crippen LogP contribution in [0.15, 0.2) is 53.6 Å². The second-order valence-corrected chi connectivity index (χ2v) is 9.37. The molecule has 0 aliphatic carbocycles. The van der Waals surface area contributed by atoms with E-state index in [1.807, 2.05) is 6.07 Å². The highest BCUT2D eigenvalue weighted by Crippen LogP contribution is 2.30. The molecule has 0 bridgehead atoms. The predicted molar refractivity (Wildman–Crippen MR) is 109 cm³/mol. The average Bonchev–Trinajstić information content (AvgIpc) is 2.76. The van der Waals surface area contributed by atoms with Gasteiger partial charge in [-0.2, -0.15) is 4.31 Å². The number of piperidine rings is 1. The summed E-state index contributed by atoms with van der Waals surface area (Å²) in [5, 5.41) is 0. The van der Waals surface area contributed by atoms with Crippen molar-refractivity contribution >= 4 is 15.8 Å². The fourth-order valence-electron chi connectivity index (χ4n) is 4.04. The molecule has 2 fully saturated rings. The number of ether oxygens (including phenoxy) is 1. The van der Waals surface area contributed by atoms with Crippen molar-refractivity contribution in [3.63, 3.8) is 0 Å². The molecule has 0 amide bonds. The summed E-state index contributed by atoms with van der Waals surface area (Å²) in [7, 11) is -3.55. The van der Waals surface area contributed by atoms with Gasteiger partial charge in [-0.05, 0) is 42.9 Å². The number of aromatic nitrogens is 1. The minimum atomic E-state index is -3.55. The molecule has 0 saturated carbocycles. The number of nitrogens with zero attached hydrogens (tertiary/aromatic N) is 3. The molecule has 0 atom stereocenters. The van der Waals surface area contributed by atoms with Gasteiger partial charge in [-0.15, -0.1) is 0 Å². The van der Waals surface area contributed by atoms with Gasteiger partial charge < -0.3 is 9.64 Å². The Morgan fingerprint density at radius 2 is 1.68 bits per heavy atom. The van der Waals surface area contributed by atoms with Crippen molar-refractivity contribution in [1.82, 2.24) is 9.29 Å². The van der Waals surface area contributed by atoms with Gasteiger partial charge >= 0.3 is 0 Å². The Balaban J connectivity index is 1.47. The number of pyridine rings is 1. The number of hydrogen-bond donors (Lipinski definition) is 0. The number of rotatable bonds is 5. The van der Waals surface area contributed by atoms with Crippen LogP contribution in [0.2, 0.25) is 0 Å². The van der Waals surface area contributed by atoms with Crippen LogP contribution in [0.25, 0.3) is 0 Å². The van der Waals surface area contributed by atoms with Crippen molar-refractivity contribution in [3.8, 4) is 0 Å². The van der Waals surface area contributed by atoms with Gasteiger partial charge in [0, 0.05) is 32.4 Å². The van der Waals surface area contributed by atoms with E-state index >= 15 is 0 Å². The maximum Gasteiger partial charge on any atom is 0.246 e. The molecule has 4 rings (SSSR count). The molecule has 2 aliphatic heterocycles. The molecule has 1 aromatic heterocycles. The summed E-state index contributed by atoms with van der Waals surface area (Å²) in [5.41, 5.74) is 1.37. The van der Waals surface area contributed by atoms with Crippen LogP contribution in [0.5, 0.6) is 0 Å². The zero-order valence-corrected chi connectivity index (χ0v) is 16.9. The van der Waals surface area contributed by atoms with Gasteiger partial charge in [-0.25, -0.2) is 13.4 Å². The highest BCUT2D eigenvalue weighted by Gasteiger charge is 2.31. The van der Waals surface area contributed by atoms with E-state index in [9.17, 15) is 8.42 Å². The summed E-state index contributed by atoms with van der Waals surface area (Å²) < 4.78 is 33.1. The number of benzene rings is 1. The van der Waals surface area contributed by atoms with Gasteiger partial charge in [-0.3, -0.25) is 0 Å². The van der Waals surface area contributed by atoms with Gasteiger partial charge in [0.2, 0.25) is 10.0 Å². The number of sulfonamides is 1. The van der Waals surface area contributed by atoms with Gasteiger partial charge in [0.15, 0.2) is 0 Å². The number of morpholine rings is 1. The normalized spacial score (nSPS) is 19.6. The summed E-state index contributed by atoms with van der Waals surface area (Å²) in [4.78, 5) is 6.91. The third-order valence-corrected chi connectivity index (χ3v) is 7.54. The minimum Gasteiger partial charge on any atom is -0.379 e. The monoisotopic (exact) mass is 401 g/mol. The van der Waals surface area contributed by atoms with E-state index in [4.69, 9.17) is 4.74 Å². The second kappa shape index (κ2) is 8.59. The fraction of sp³-hybridized carbons (Fsp3) is 0.476. The van der Waals surface area contributed by atoms with Crippen LogP contribution in [-0.2, 0) is 21.2 Å². The van der Waals surface area contributed by atoms with Crippen LogP contribution in [-0.4, -0.2) is 57.1 Å². The summed E-state index contributed by atoms with van der Waals surface area (Å²) in [6, 6.07) is 14.0. The maximum atomic E-state index is 13.2. The fourth-order valence-corrected chi connectivity index (χ4v) is 5.61. The molecule has 7 heteroatoms. The first-order chi connectivity index (χ1) is 13.6. The lowest BCUT2D eigenvalue weighted by atomic mass is 9.90. The van der Waals surface area contributed by atoms with Crippen LogP contribution in [0.3, 0.4) is 0 Å². The first-order valence-electron chi connectivity index (χ1n) is 9.96. The molecule has 0 radical (unpaired) electrons. The molecule has 3 heterocycles. The highest BCUT2D eigenvalue weighted by molar-refractivity contribution is 7.89. The molecule has 28 heavy (non-hydrogen) atoms. The molecule has 1 aromatic carbocycles. The lowest BCUT2D eigenvalue weighted by molar-refractivity contribution is 0.0730. The van der Waals surface area contributed by atoms with E-state index in [-0.39, 0.29) is 0 Å². The lowest BCUT2D eigenvalue weighted by Crippen LogP contribution is -2.42. The van der Waals surface area contributed by atoms with Gasteiger partial charge in [0.25, 0.3) is 0 Å². The van der Waals surface area contributed by atoms with Crippen LogP contribution >= 0.6 is 0 Å². The van der Waals surface area contributed by atoms with Crippen molar-refractivity contribution in [3.05, 3.63) is 54.2 Å². The summed E-state index contributed by atoms with van der Waals surface area (Å²) in [6.07, 6.45) is 4.85. The van der Waals surface area contributed by atoms with Crippen LogP contribution < -0.4 is 4.90 Å². The maximum absolute atomic E-state index is 13.2. The van der Waals surface area contributed by atoms with Crippen molar-refractivity contribution in [1.29, 1.82) is 0 Å². The first-order valence-corrected chi connectivity index (χ1v) is 11.4. The highest BCUT2D eigenvalue weighted by atomic mass is 32.2. The van der Waals surface area contributed by atoms with Crippen LogP contribution in [0, 0.1) is 5.92 Å². The van der Waals surface area contributed by atoms with E-state index in [0.29, 0.717) is 42.9 Å². The molecule has 2 aliphatic rings. The molecule has 2 aromatic rings. The third-order valence-electron chi connectivity index (χ3n) is 5.62. The Kier molecular flexibility index (Phi) is 5.94. The number of hydrogen-bond acceptors (Lipinski definition) is 5. The quantitative estimate of drug-likeness (QED) is 0.771. The van der Waals surface area contributed by atoms with E-state index < -0.39 is 10.0 Å².